The number of nitrogens with zero attached hydrogens (tertiary/aromatic N) is 2. The summed E-state index contributed by atoms with van der Waals surface area (Å²) in [6.07, 6.45) is 7.17. The third-order valence-electron chi connectivity index (χ3n) is 4.89. The van der Waals surface area contributed by atoms with E-state index >= 15 is 0 Å². The zero-order valence-electron chi connectivity index (χ0n) is 14.0. The molecule has 0 bridgehead atoms. The number of carbonyl (C=O) groups excluding carboxylic acids is 1. The molecule has 1 aromatic carbocycles. The number of amides is 1. The van der Waals surface area contributed by atoms with E-state index in [9.17, 15) is 9.18 Å². The van der Waals surface area contributed by atoms with Crippen molar-refractivity contribution in [2.75, 3.05) is 5.75 Å². The Hall–Kier alpha value is -1.40. The fourth-order valence-corrected chi connectivity index (χ4v) is 5.22. The van der Waals surface area contributed by atoms with Crippen molar-refractivity contribution < 1.29 is 9.18 Å². The van der Waals surface area contributed by atoms with Crippen LogP contribution in [0.15, 0.2) is 34.0 Å². The first kappa shape index (κ1) is 17.0. The Bertz CT molecular complexity index is 736. The molecule has 1 aromatic heterocycles. The van der Waals surface area contributed by atoms with Crippen molar-refractivity contribution >= 4 is 29.0 Å². The van der Waals surface area contributed by atoms with Crippen molar-refractivity contribution in [1.82, 2.24) is 9.88 Å². The van der Waals surface area contributed by atoms with Gasteiger partial charge >= 0.3 is 0 Å². The van der Waals surface area contributed by atoms with Gasteiger partial charge in [0.2, 0.25) is 5.91 Å². The van der Waals surface area contributed by atoms with Crippen LogP contribution in [0.3, 0.4) is 0 Å². The van der Waals surface area contributed by atoms with Gasteiger partial charge in [0.1, 0.15) is 5.82 Å². The maximum atomic E-state index is 13.0. The summed E-state index contributed by atoms with van der Waals surface area (Å²) < 4.78 is 13.9. The third kappa shape index (κ3) is 4.06. The highest BCUT2D eigenvalue weighted by Crippen LogP contribution is 2.36. The van der Waals surface area contributed by atoms with Crippen LogP contribution in [0.5, 0.6) is 0 Å². The molecule has 4 rings (SSSR count). The second kappa shape index (κ2) is 7.46. The van der Waals surface area contributed by atoms with Gasteiger partial charge < -0.3 is 4.90 Å². The van der Waals surface area contributed by atoms with Gasteiger partial charge in [-0.15, -0.1) is 11.3 Å². The Morgan fingerprint density at radius 2 is 1.84 bits per heavy atom. The van der Waals surface area contributed by atoms with E-state index in [2.05, 4.69) is 9.88 Å². The minimum absolute atomic E-state index is 0.244. The molecule has 6 heteroatoms. The molecule has 132 valence electrons. The monoisotopic (exact) mass is 376 g/mol. The Balaban J connectivity index is 1.37. The molecule has 0 spiro atoms. The predicted octanol–water partition coefficient (Wildman–Crippen LogP) is 4.97. The Labute approximate surface area is 155 Å². The summed E-state index contributed by atoms with van der Waals surface area (Å²) in [7, 11) is 0. The number of aromatic nitrogens is 1. The lowest BCUT2D eigenvalue weighted by Gasteiger charge is -2.29. The first-order chi connectivity index (χ1) is 12.2. The van der Waals surface area contributed by atoms with Gasteiger partial charge in [-0.1, -0.05) is 24.6 Å². The molecular formula is C19H21FN2OS2. The molecular weight excluding hydrogens is 355 g/mol. The lowest BCUT2D eigenvalue weighted by atomic mass is 10.2. The zero-order valence-corrected chi connectivity index (χ0v) is 15.6. The van der Waals surface area contributed by atoms with Crippen LogP contribution < -0.4 is 0 Å². The van der Waals surface area contributed by atoms with Crippen LogP contribution in [-0.2, 0) is 4.79 Å². The van der Waals surface area contributed by atoms with E-state index in [1.807, 2.05) is 5.38 Å². The quantitative estimate of drug-likeness (QED) is 0.667. The maximum Gasteiger partial charge on any atom is 0.233 e. The first-order valence-corrected chi connectivity index (χ1v) is 10.7. The Morgan fingerprint density at radius 3 is 2.52 bits per heavy atom. The number of hydrogen-bond donors (Lipinski definition) is 0. The van der Waals surface area contributed by atoms with E-state index in [4.69, 9.17) is 0 Å². The number of thioether (sulfide) groups is 1. The van der Waals surface area contributed by atoms with Gasteiger partial charge in [0, 0.05) is 23.0 Å². The SMILES string of the molecule is O=C(CSc1nc(-c2ccc(F)cc2)cs1)N(C1CCCC1)C1CC1. The summed E-state index contributed by atoms with van der Waals surface area (Å²) >= 11 is 3.07. The van der Waals surface area contributed by atoms with Crippen molar-refractivity contribution in [2.24, 2.45) is 0 Å². The highest BCUT2D eigenvalue weighted by atomic mass is 32.2. The van der Waals surface area contributed by atoms with Gasteiger partial charge in [-0.2, -0.15) is 0 Å². The Kier molecular flexibility index (Phi) is 5.08. The van der Waals surface area contributed by atoms with E-state index < -0.39 is 0 Å². The molecule has 0 aliphatic heterocycles. The van der Waals surface area contributed by atoms with E-state index in [0.717, 1.165) is 15.6 Å². The topological polar surface area (TPSA) is 33.2 Å². The summed E-state index contributed by atoms with van der Waals surface area (Å²) in [6.45, 7) is 0. The largest absolute Gasteiger partial charge is 0.336 e. The van der Waals surface area contributed by atoms with Crippen molar-refractivity contribution in [3.05, 3.63) is 35.5 Å². The normalized spacial score (nSPS) is 17.8. The standard InChI is InChI=1S/C19H21FN2OS2/c20-14-7-5-13(6-8-14)17-11-24-19(21-17)25-12-18(23)22(16-9-10-16)15-3-1-2-4-15/h5-8,11,15-16H,1-4,9-10,12H2. The van der Waals surface area contributed by atoms with Crippen LogP contribution in [-0.4, -0.2) is 33.6 Å². The highest BCUT2D eigenvalue weighted by molar-refractivity contribution is 8.01. The summed E-state index contributed by atoms with van der Waals surface area (Å²) in [5.41, 5.74) is 1.75. The molecule has 2 saturated carbocycles. The van der Waals surface area contributed by atoms with Crippen LogP contribution in [0, 0.1) is 5.82 Å². The summed E-state index contributed by atoms with van der Waals surface area (Å²) in [6, 6.07) is 7.31. The predicted molar refractivity (Wildman–Crippen MR) is 100 cm³/mol. The molecule has 0 saturated heterocycles. The van der Waals surface area contributed by atoms with Crippen molar-refractivity contribution in [3.8, 4) is 11.3 Å². The van der Waals surface area contributed by atoms with E-state index in [-0.39, 0.29) is 11.7 Å². The van der Waals surface area contributed by atoms with Crippen LogP contribution in [0.1, 0.15) is 38.5 Å². The Morgan fingerprint density at radius 1 is 1.16 bits per heavy atom. The minimum atomic E-state index is -0.244. The average molecular weight is 377 g/mol. The fourth-order valence-electron chi connectivity index (χ4n) is 3.52. The lowest BCUT2D eigenvalue weighted by molar-refractivity contribution is -0.131. The number of carbonyl (C=O) groups is 1. The summed E-state index contributed by atoms with van der Waals surface area (Å²) in [4.78, 5) is 19.5. The molecule has 3 nitrogen and oxygen atoms in total. The fraction of sp³-hybridized carbons (Fsp3) is 0.474. The smallest absolute Gasteiger partial charge is 0.233 e. The van der Waals surface area contributed by atoms with Crippen LogP contribution in [0.4, 0.5) is 4.39 Å². The molecule has 0 atom stereocenters. The molecule has 1 heterocycles. The van der Waals surface area contributed by atoms with Crippen molar-refractivity contribution in [1.29, 1.82) is 0 Å². The van der Waals surface area contributed by atoms with Crippen molar-refractivity contribution in [2.45, 2.75) is 54.9 Å². The van der Waals surface area contributed by atoms with Crippen LogP contribution in [0.2, 0.25) is 0 Å². The van der Waals surface area contributed by atoms with Gasteiger partial charge in [-0.25, -0.2) is 9.37 Å². The molecule has 2 fully saturated rings. The van der Waals surface area contributed by atoms with E-state index in [1.165, 1.54) is 62.4 Å². The molecule has 0 N–H and O–H groups in total. The molecule has 2 aromatic rings. The average Bonchev–Trinajstić information content (AvgIpc) is 3.11. The lowest BCUT2D eigenvalue weighted by Crippen LogP contribution is -2.41. The van der Waals surface area contributed by atoms with Gasteiger partial charge in [0.15, 0.2) is 4.34 Å². The highest BCUT2D eigenvalue weighted by Gasteiger charge is 2.38. The molecule has 0 unspecified atom stereocenters. The number of halogens is 1. The summed E-state index contributed by atoms with van der Waals surface area (Å²) in [5.74, 6) is 0.479. The first-order valence-electron chi connectivity index (χ1n) is 8.86. The number of rotatable bonds is 6. The number of thiazole rings is 1. The minimum Gasteiger partial charge on any atom is -0.336 e. The second-order valence-electron chi connectivity index (χ2n) is 6.76. The molecule has 2 aliphatic carbocycles. The zero-order chi connectivity index (χ0) is 17.2. The second-order valence-corrected chi connectivity index (χ2v) is 8.85. The van der Waals surface area contributed by atoms with Gasteiger partial charge in [0.05, 0.1) is 11.4 Å². The third-order valence-corrected chi connectivity index (χ3v) is 6.89. The maximum absolute atomic E-state index is 13.0. The number of hydrogen-bond acceptors (Lipinski definition) is 4. The molecule has 0 radical (unpaired) electrons. The van der Waals surface area contributed by atoms with Gasteiger partial charge in [0.25, 0.3) is 0 Å². The van der Waals surface area contributed by atoms with Crippen LogP contribution in [0.25, 0.3) is 11.3 Å². The van der Waals surface area contributed by atoms with E-state index in [0.29, 0.717) is 17.8 Å². The summed E-state index contributed by atoms with van der Waals surface area (Å²) in [5, 5.41) is 1.97. The van der Waals surface area contributed by atoms with E-state index in [1.54, 1.807) is 23.5 Å². The molecule has 2 aliphatic rings. The van der Waals surface area contributed by atoms with Crippen molar-refractivity contribution in [3.63, 3.8) is 0 Å². The van der Waals surface area contributed by atoms with Crippen LogP contribution >= 0.6 is 23.1 Å². The van der Waals surface area contributed by atoms with Gasteiger partial charge in [-0.3, -0.25) is 4.79 Å². The number of benzene rings is 1. The molecule has 25 heavy (non-hydrogen) atoms. The van der Waals surface area contributed by atoms with Gasteiger partial charge in [-0.05, 0) is 49.9 Å². The molecule has 1 amide bonds.